The average Bonchev–Trinajstić information content (AvgIpc) is 2.84. The van der Waals surface area contributed by atoms with Crippen molar-refractivity contribution in [3.8, 4) is 11.4 Å². The van der Waals surface area contributed by atoms with E-state index in [9.17, 15) is 0 Å². The molecule has 0 saturated heterocycles. The molecule has 0 aliphatic carbocycles. The fourth-order valence-electron chi connectivity index (χ4n) is 1.78. The first-order valence-corrected chi connectivity index (χ1v) is 7.54. The van der Waals surface area contributed by atoms with Crippen molar-refractivity contribution in [3.63, 3.8) is 0 Å². The largest absolute Gasteiger partial charge is 0.212 e. The van der Waals surface area contributed by atoms with Crippen LogP contribution in [0, 0.1) is 0 Å². The third-order valence-corrected chi connectivity index (χ3v) is 4.63. The maximum Gasteiger partial charge on any atom is 0.212 e. The van der Waals surface area contributed by atoms with E-state index in [4.69, 9.17) is 23.2 Å². The van der Waals surface area contributed by atoms with Crippen LogP contribution in [-0.4, -0.2) is 26.3 Å². The van der Waals surface area contributed by atoms with Crippen molar-refractivity contribution in [1.82, 2.24) is 14.9 Å². The van der Waals surface area contributed by atoms with Crippen molar-refractivity contribution in [2.24, 2.45) is 5.10 Å². The van der Waals surface area contributed by atoms with E-state index < -0.39 is 0 Å². The Labute approximate surface area is 124 Å². The van der Waals surface area contributed by atoms with Crippen LogP contribution in [-0.2, 0) is 0 Å². The fourth-order valence-corrected chi connectivity index (χ4v) is 3.07. The molecule has 1 aliphatic rings. The quantitative estimate of drug-likeness (QED) is 0.842. The Bertz CT molecular complexity index is 666. The van der Waals surface area contributed by atoms with Crippen LogP contribution in [0.3, 0.4) is 0 Å². The van der Waals surface area contributed by atoms with Crippen molar-refractivity contribution in [1.29, 1.82) is 0 Å². The predicted molar refractivity (Wildman–Crippen MR) is 79.3 cm³/mol. The summed E-state index contributed by atoms with van der Waals surface area (Å²) in [5, 5.41) is 14.6. The van der Waals surface area contributed by atoms with Crippen LogP contribution in [0.4, 0.5) is 0 Å². The second kappa shape index (κ2) is 5.15. The minimum atomic E-state index is 0.475. The van der Waals surface area contributed by atoms with Gasteiger partial charge in [0.2, 0.25) is 5.16 Å². The first-order chi connectivity index (χ1) is 9.20. The van der Waals surface area contributed by atoms with Crippen LogP contribution in [0.25, 0.3) is 11.4 Å². The summed E-state index contributed by atoms with van der Waals surface area (Å²) in [6, 6.07) is 5.45. The van der Waals surface area contributed by atoms with E-state index in [0.29, 0.717) is 15.9 Å². The summed E-state index contributed by atoms with van der Waals surface area (Å²) >= 11 is 13.9. The number of hydrogen-bond donors (Lipinski definition) is 0. The lowest BCUT2D eigenvalue weighted by atomic mass is 10.2. The first-order valence-electron chi connectivity index (χ1n) is 5.80. The molecule has 2 heterocycles. The predicted octanol–water partition coefficient (Wildman–Crippen LogP) is 3.97. The zero-order chi connectivity index (χ0) is 13.4. The highest BCUT2D eigenvalue weighted by molar-refractivity contribution is 7.99. The van der Waals surface area contributed by atoms with Gasteiger partial charge in [0, 0.05) is 17.0 Å². The van der Waals surface area contributed by atoms with Crippen molar-refractivity contribution >= 4 is 40.7 Å². The molecule has 0 radical (unpaired) electrons. The zero-order valence-electron chi connectivity index (χ0n) is 10.1. The van der Waals surface area contributed by atoms with Crippen LogP contribution >= 0.6 is 35.0 Å². The van der Waals surface area contributed by atoms with E-state index in [1.807, 2.05) is 12.1 Å². The molecule has 4 nitrogen and oxygen atoms in total. The fraction of sp³-hybridized carbons (Fsp3) is 0.250. The van der Waals surface area contributed by atoms with Gasteiger partial charge in [0.15, 0.2) is 5.82 Å². The number of thioether (sulfide) groups is 1. The Morgan fingerprint density at radius 1 is 1.32 bits per heavy atom. The topological polar surface area (TPSA) is 43.1 Å². The maximum absolute atomic E-state index is 6.23. The summed E-state index contributed by atoms with van der Waals surface area (Å²) in [5.74, 6) is 1.48. The number of hydrogen-bond acceptors (Lipinski definition) is 4. The summed E-state index contributed by atoms with van der Waals surface area (Å²) < 4.78 is 1.74. The van der Waals surface area contributed by atoms with Crippen molar-refractivity contribution in [2.75, 3.05) is 5.75 Å². The Morgan fingerprint density at radius 3 is 2.95 bits per heavy atom. The smallest absolute Gasteiger partial charge is 0.187 e. The van der Waals surface area contributed by atoms with Crippen molar-refractivity contribution < 1.29 is 0 Å². The average molecular weight is 313 g/mol. The molecule has 0 unspecified atom stereocenters. The number of nitrogens with zero attached hydrogens (tertiary/aromatic N) is 4. The standard InChI is InChI=1S/C12H10Cl2N4S/c1-2-7-6-19-12-16-15-11(18(12)17-7)8-4-3-5-9(13)10(8)14/h3-5H,2,6H2,1H3. The third-order valence-electron chi connectivity index (χ3n) is 2.82. The molecule has 1 aromatic carbocycles. The molecule has 98 valence electrons. The van der Waals surface area contributed by atoms with Gasteiger partial charge < -0.3 is 0 Å². The molecule has 7 heteroatoms. The number of rotatable bonds is 2. The van der Waals surface area contributed by atoms with Crippen LogP contribution in [0.2, 0.25) is 10.0 Å². The van der Waals surface area contributed by atoms with Gasteiger partial charge in [-0.3, -0.25) is 0 Å². The molecule has 0 saturated carbocycles. The van der Waals surface area contributed by atoms with Gasteiger partial charge in [-0.25, -0.2) is 0 Å². The number of fused-ring (bicyclic) bond motifs is 1. The van der Waals surface area contributed by atoms with Crippen LogP contribution < -0.4 is 0 Å². The van der Waals surface area contributed by atoms with Gasteiger partial charge in [0.05, 0.1) is 10.0 Å². The van der Waals surface area contributed by atoms with E-state index in [1.54, 1.807) is 22.5 Å². The van der Waals surface area contributed by atoms with Crippen LogP contribution in [0.15, 0.2) is 28.5 Å². The van der Waals surface area contributed by atoms with E-state index in [2.05, 4.69) is 22.2 Å². The molecule has 2 aromatic rings. The Morgan fingerprint density at radius 2 is 2.16 bits per heavy atom. The lowest BCUT2D eigenvalue weighted by Crippen LogP contribution is -2.11. The Hall–Kier alpha value is -1.04. The number of aromatic nitrogens is 3. The minimum absolute atomic E-state index is 0.475. The summed E-state index contributed by atoms with van der Waals surface area (Å²) in [4.78, 5) is 0. The molecule has 0 atom stereocenters. The molecular formula is C12H10Cl2N4S. The molecule has 0 amide bonds. The lowest BCUT2D eigenvalue weighted by Gasteiger charge is -2.12. The molecule has 1 aliphatic heterocycles. The molecule has 0 spiro atoms. The lowest BCUT2D eigenvalue weighted by molar-refractivity contribution is 0.757. The van der Waals surface area contributed by atoms with E-state index in [0.717, 1.165) is 28.6 Å². The summed E-state index contributed by atoms with van der Waals surface area (Å²) in [6.07, 6.45) is 0.910. The van der Waals surface area contributed by atoms with Gasteiger partial charge in [0.1, 0.15) is 0 Å². The van der Waals surface area contributed by atoms with Gasteiger partial charge >= 0.3 is 0 Å². The highest BCUT2D eigenvalue weighted by Crippen LogP contribution is 2.34. The van der Waals surface area contributed by atoms with Gasteiger partial charge in [0.25, 0.3) is 0 Å². The first kappa shape index (κ1) is 13.0. The molecule has 0 bridgehead atoms. The number of halogens is 2. The normalized spacial score (nSPS) is 14.2. The minimum Gasteiger partial charge on any atom is -0.187 e. The van der Waals surface area contributed by atoms with Crippen LogP contribution in [0.1, 0.15) is 13.3 Å². The van der Waals surface area contributed by atoms with E-state index in [-0.39, 0.29) is 0 Å². The summed E-state index contributed by atoms with van der Waals surface area (Å²) in [5.41, 5.74) is 1.85. The molecular weight excluding hydrogens is 303 g/mol. The SMILES string of the molecule is CCC1=Nn2c(nnc2-c2cccc(Cl)c2Cl)SC1. The van der Waals surface area contributed by atoms with Gasteiger partial charge in [-0.1, -0.05) is 48.0 Å². The summed E-state index contributed by atoms with van der Waals surface area (Å²) in [7, 11) is 0. The van der Waals surface area contributed by atoms with E-state index in [1.165, 1.54) is 0 Å². The highest BCUT2D eigenvalue weighted by atomic mass is 35.5. The molecule has 0 N–H and O–H groups in total. The summed E-state index contributed by atoms with van der Waals surface area (Å²) in [6.45, 7) is 2.08. The molecule has 19 heavy (non-hydrogen) atoms. The molecule has 3 rings (SSSR count). The Kier molecular flexibility index (Phi) is 3.52. The third kappa shape index (κ3) is 2.26. The molecule has 0 fully saturated rings. The second-order valence-electron chi connectivity index (χ2n) is 4.03. The van der Waals surface area contributed by atoms with Gasteiger partial charge in [-0.05, 0) is 18.6 Å². The van der Waals surface area contributed by atoms with Crippen molar-refractivity contribution in [2.45, 2.75) is 18.5 Å². The van der Waals surface area contributed by atoms with E-state index >= 15 is 0 Å². The maximum atomic E-state index is 6.23. The molecule has 1 aromatic heterocycles. The van der Waals surface area contributed by atoms with Gasteiger partial charge in [-0.2, -0.15) is 9.78 Å². The number of benzene rings is 1. The second-order valence-corrected chi connectivity index (χ2v) is 5.76. The van der Waals surface area contributed by atoms with Crippen molar-refractivity contribution in [3.05, 3.63) is 28.2 Å². The Balaban J connectivity index is 2.16. The monoisotopic (exact) mass is 312 g/mol. The van der Waals surface area contributed by atoms with Crippen LogP contribution in [0.5, 0.6) is 0 Å². The highest BCUT2D eigenvalue weighted by Gasteiger charge is 2.21. The zero-order valence-corrected chi connectivity index (χ0v) is 12.4. The van der Waals surface area contributed by atoms with Gasteiger partial charge in [-0.15, -0.1) is 10.2 Å².